The van der Waals surface area contributed by atoms with Crippen LogP contribution in [0.25, 0.3) is 0 Å². The third-order valence-electron chi connectivity index (χ3n) is 4.55. The number of carbonyl (C=O) groups is 2. The first kappa shape index (κ1) is 12.9. The number of nitrogens with zero attached hydrogens (tertiary/aromatic N) is 1. The predicted molar refractivity (Wildman–Crippen MR) is 72.1 cm³/mol. The number of hydrogen-bond donors (Lipinski definition) is 3. The van der Waals surface area contributed by atoms with Crippen LogP contribution in [0.1, 0.15) is 29.8 Å². The number of carboxylic acid groups (broad SMARTS) is 1. The van der Waals surface area contributed by atoms with Gasteiger partial charge in [0, 0.05) is 17.9 Å². The van der Waals surface area contributed by atoms with Gasteiger partial charge in [0.25, 0.3) is 5.91 Å². The molecule has 4 unspecified atom stereocenters. The molecule has 2 saturated carbocycles. The fourth-order valence-corrected chi connectivity index (χ4v) is 3.70. The van der Waals surface area contributed by atoms with Crippen molar-refractivity contribution in [1.29, 1.82) is 0 Å². The minimum absolute atomic E-state index is 0.0747. The Hall–Kier alpha value is -2.11. The molecule has 1 aromatic rings. The van der Waals surface area contributed by atoms with Crippen LogP contribution in [0.5, 0.6) is 0 Å². The van der Waals surface area contributed by atoms with Crippen LogP contribution in [0.15, 0.2) is 18.3 Å². The number of nitrogens with one attached hydrogen (secondary N) is 1. The largest absolute Gasteiger partial charge is 0.481 e. The summed E-state index contributed by atoms with van der Waals surface area (Å²) in [6.07, 6.45) is 4.55. The van der Waals surface area contributed by atoms with Gasteiger partial charge in [0.1, 0.15) is 5.69 Å². The van der Waals surface area contributed by atoms with Crippen LogP contribution in [0.2, 0.25) is 0 Å². The van der Waals surface area contributed by atoms with Crippen LogP contribution in [0.4, 0.5) is 5.69 Å². The van der Waals surface area contributed by atoms with Crippen LogP contribution in [-0.2, 0) is 4.79 Å². The average Bonchev–Trinajstić information content (AvgIpc) is 2.99. The zero-order chi connectivity index (χ0) is 14.3. The smallest absolute Gasteiger partial charge is 0.308 e. The Morgan fingerprint density at radius 2 is 2.10 bits per heavy atom. The highest BCUT2D eigenvalue weighted by Gasteiger charge is 2.51. The number of aliphatic carboxylic acids is 1. The molecule has 1 aromatic heterocycles. The topological polar surface area (TPSA) is 105 Å². The monoisotopic (exact) mass is 275 g/mol. The highest BCUT2D eigenvalue weighted by Crippen LogP contribution is 2.49. The minimum Gasteiger partial charge on any atom is -0.481 e. The Labute approximate surface area is 116 Å². The normalized spacial score (nSPS) is 31.2. The molecule has 1 amide bonds. The summed E-state index contributed by atoms with van der Waals surface area (Å²) in [6.45, 7) is 0. The standard InChI is InChI=1S/C14H17N3O3/c15-13(18)10-6-9(3-4-16-10)17-12-8-2-1-7(5-8)11(12)14(19)20/h3-4,6-8,11-12H,1-2,5H2,(H2,15,18)(H,16,17)(H,19,20). The third-order valence-corrected chi connectivity index (χ3v) is 4.55. The number of primary amides is 1. The fraction of sp³-hybridized carbons (Fsp3) is 0.500. The van der Waals surface area contributed by atoms with Gasteiger partial charge in [0.2, 0.25) is 0 Å². The first-order valence-electron chi connectivity index (χ1n) is 6.81. The van der Waals surface area contributed by atoms with Crippen molar-refractivity contribution in [2.24, 2.45) is 23.5 Å². The van der Waals surface area contributed by atoms with Crippen LogP contribution >= 0.6 is 0 Å². The molecule has 4 atom stereocenters. The lowest BCUT2D eigenvalue weighted by molar-refractivity contribution is -0.143. The fourth-order valence-electron chi connectivity index (χ4n) is 3.70. The molecule has 1 heterocycles. The van der Waals surface area contributed by atoms with E-state index in [4.69, 9.17) is 5.73 Å². The molecule has 6 heteroatoms. The van der Waals surface area contributed by atoms with Crippen LogP contribution < -0.4 is 11.1 Å². The van der Waals surface area contributed by atoms with E-state index >= 15 is 0 Å². The number of pyridine rings is 1. The molecule has 6 nitrogen and oxygen atoms in total. The Balaban J connectivity index is 1.81. The maximum atomic E-state index is 11.4. The minimum atomic E-state index is -0.737. The van der Waals surface area contributed by atoms with Crippen LogP contribution in [-0.4, -0.2) is 28.0 Å². The molecule has 0 aromatic carbocycles. The summed E-state index contributed by atoms with van der Waals surface area (Å²) >= 11 is 0. The Kier molecular flexibility index (Phi) is 3.08. The van der Waals surface area contributed by atoms with Gasteiger partial charge in [0.15, 0.2) is 0 Å². The van der Waals surface area contributed by atoms with Gasteiger partial charge in [-0.05, 0) is 43.2 Å². The van der Waals surface area contributed by atoms with Gasteiger partial charge in [-0.3, -0.25) is 14.6 Å². The molecule has 2 fully saturated rings. The first-order chi connectivity index (χ1) is 9.56. The lowest BCUT2D eigenvalue weighted by Gasteiger charge is -2.29. The lowest BCUT2D eigenvalue weighted by atomic mass is 9.84. The van der Waals surface area contributed by atoms with Gasteiger partial charge >= 0.3 is 5.97 Å². The molecule has 4 N–H and O–H groups in total. The summed E-state index contributed by atoms with van der Waals surface area (Å²) in [4.78, 5) is 26.5. The summed E-state index contributed by atoms with van der Waals surface area (Å²) in [5.74, 6) is -1.01. The first-order valence-corrected chi connectivity index (χ1v) is 6.81. The molecule has 0 radical (unpaired) electrons. The van der Waals surface area contributed by atoms with E-state index in [9.17, 15) is 14.7 Å². The highest BCUT2D eigenvalue weighted by molar-refractivity contribution is 5.91. The molecule has 0 saturated heterocycles. The molecular weight excluding hydrogens is 258 g/mol. The van der Waals surface area contributed by atoms with Crippen molar-refractivity contribution in [3.63, 3.8) is 0 Å². The Bertz CT molecular complexity index is 560. The Morgan fingerprint density at radius 1 is 1.35 bits per heavy atom. The summed E-state index contributed by atoms with van der Waals surface area (Å²) in [5, 5.41) is 12.7. The maximum absolute atomic E-state index is 11.4. The zero-order valence-corrected chi connectivity index (χ0v) is 11.0. The molecule has 2 bridgehead atoms. The lowest BCUT2D eigenvalue weighted by Crippen LogP contribution is -2.39. The van der Waals surface area contributed by atoms with Crippen molar-refractivity contribution in [1.82, 2.24) is 4.98 Å². The van der Waals surface area contributed by atoms with Crippen molar-refractivity contribution in [3.8, 4) is 0 Å². The van der Waals surface area contributed by atoms with Gasteiger partial charge < -0.3 is 16.2 Å². The van der Waals surface area contributed by atoms with E-state index in [-0.39, 0.29) is 23.6 Å². The van der Waals surface area contributed by atoms with Gasteiger partial charge in [0.05, 0.1) is 5.92 Å². The number of carbonyl (C=O) groups excluding carboxylic acids is 1. The van der Waals surface area contributed by atoms with E-state index in [1.165, 1.54) is 6.20 Å². The summed E-state index contributed by atoms with van der Waals surface area (Å²) < 4.78 is 0. The summed E-state index contributed by atoms with van der Waals surface area (Å²) in [7, 11) is 0. The SMILES string of the molecule is NC(=O)c1cc(NC2C3CCC(C3)C2C(=O)O)ccn1. The second kappa shape index (κ2) is 4.77. The molecule has 0 spiro atoms. The molecular formula is C14H17N3O3. The number of nitrogens with two attached hydrogens (primary N) is 1. The molecule has 2 aliphatic carbocycles. The number of carboxylic acids is 1. The van der Waals surface area contributed by atoms with Crippen molar-refractivity contribution in [2.75, 3.05) is 5.32 Å². The second-order valence-electron chi connectivity index (χ2n) is 5.66. The number of anilines is 1. The van der Waals surface area contributed by atoms with Gasteiger partial charge in [-0.25, -0.2) is 0 Å². The van der Waals surface area contributed by atoms with Gasteiger partial charge in [-0.2, -0.15) is 0 Å². The highest BCUT2D eigenvalue weighted by atomic mass is 16.4. The molecule has 20 heavy (non-hydrogen) atoms. The zero-order valence-electron chi connectivity index (χ0n) is 11.0. The molecule has 0 aliphatic heterocycles. The predicted octanol–water partition coefficient (Wildman–Crippen LogP) is 1.09. The molecule has 3 rings (SSSR count). The van der Waals surface area contributed by atoms with Crippen molar-refractivity contribution in [3.05, 3.63) is 24.0 Å². The third kappa shape index (κ3) is 2.11. The van der Waals surface area contributed by atoms with Crippen molar-refractivity contribution < 1.29 is 14.7 Å². The van der Waals surface area contributed by atoms with E-state index < -0.39 is 11.9 Å². The molecule has 2 aliphatic rings. The average molecular weight is 275 g/mol. The number of aromatic nitrogens is 1. The van der Waals surface area contributed by atoms with E-state index in [1.807, 2.05) is 0 Å². The maximum Gasteiger partial charge on any atom is 0.308 e. The second-order valence-corrected chi connectivity index (χ2v) is 5.66. The van der Waals surface area contributed by atoms with E-state index in [2.05, 4.69) is 10.3 Å². The Morgan fingerprint density at radius 3 is 2.80 bits per heavy atom. The quantitative estimate of drug-likeness (QED) is 0.762. The van der Waals surface area contributed by atoms with Gasteiger partial charge in [-0.15, -0.1) is 0 Å². The van der Waals surface area contributed by atoms with Gasteiger partial charge in [-0.1, -0.05) is 0 Å². The van der Waals surface area contributed by atoms with Crippen LogP contribution in [0, 0.1) is 17.8 Å². The number of hydrogen-bond acceptors (Lipinski definition) is 4. The van der Waals surface area contributed by atoms with E-state index in [0.29, 0.717) is 11.6 Å². The van der Waals surface area contributed by atoms with E-state index in [1.54, 1.807) is 12.1 Å². The number of fused-ring (bicyclic) bond motifs is 2. The number of amides is 1. The molecule has 106 valence electrons. The summed E-state index contributed by atoms with van der Waals surface area (Å²) in [5.41, 5.74) is 6.09. The number of rotatable bonds is 4. The van der Waals surface area contributed by atoms with Crippen molar-refractivity contribution >= 4 is 17.6 Å². The van der Waals surface area contributed by atoms with Crippen molar-refractivity contribution in [2.45, 2.75) is 25.3 Å². The van der Waals surface area contributed by atoms with E-state index in [0.717, 1.165) is 19.3 Å². The summed E-state index contributed by atoms with van der Waals surface area (Å²) in [6, 6.07) is 3.24. The van der Waals surface area contributed by atoms with Crippen LogP contribution in [0.3, 0.4) is 0 Å².